The fourth-order valence-corrected chi connectivity index (χ4v) is 1.52. The fourth-order valence-electron chi connectivity index (χ4n) is 1.08. The van der Waals surface area contributed by atoms with Crippen LogP contribution in [-0.4, -0.2) is 23.2 Å². The first-order chi connectivity index (χ1) is 7.07. The molecular formula is C8H8N4O2S. The van der Waals surface area contributed by atoms with E-state index in [1.165, 1.54) is 17.1 Å². The van der Waals surface area contributed by atoms with Crippen LogP contribution in [-0.2, 0) is 10.0 Å². The van der Waals surface area contributed by atoms with Crippen molar-refractivity contribution >= 4 is 10.0 Å². The van der Waals surface area contributed by atoms with Crippen LogP contribution < -0.4 is 5.14 Å². The maximum absolute atomic E-state index is 11.0. The molecule has 0 radical (unpaired) electrons. The van der Waals surface area contributed by atoms with Gasteiger partial charge in [0.05, 0.1) is 24.3 Å². The van der Waals surface area contributed by atoms with E-state index in [1.807, 2.05) is 0 Å². The Hall–Kier alpha value is -1.73. The number of aromatic nitrogens is 3. The summed E-state index contributed by atoms with van der Waals surface area (Å²) in [7, 11) is -3.69. The molecule has 78 valence electrons. The average Bonchev–Trinajstić information content (AvgIpc) is 2.67. The molecule has 0 aromatic carbocycles. The zero-order valence-electron chi connectivity index (χ0n) is 7.61. The molecular weight excluding hydrogens is 216 g/mol. The maximum atomic E-state index is 11.0. The summed E-state index contributed by atoms with van der Waals surface area (Å²) < 4.78 is 23.4. The van der Waals surface area contributed by atoms with Crippen molar-refractivity contribution in [2.24, 2.45) is 5.14 Å². The number of rotatable bonds is 2. The lowest BCUT2D eigenvalue weighted by Crippen LogP contribution is -2.11. The lowest BCUT2D eigenvalue weighted by Gasteiger charge is -1.97. The smallest absolute Gasteiger partial charge is 0.241 e. The Balaban J connectivity index is 2.46. The van der Waals surface area contributed by atoms with E-state index in [0.29, 0.717) is 5.69 Å². The van der Waals surface area contributed by atoms with Gasteiger partial charge in [0, 0.05) is 6.20 Å². The molecule has 0 spiro atoms. The molecule has 2 rings (SSSR count). The Morgan fingerprint density at radius 2 is 2.13 bits per heavy atom. The Kier molecular flexibility index (Phi) is 2.25. The van der Waals surface area contributed by atoms with E-state index in [2.05, 4.69) is 10.1 Å². The van der Waals surface area contributed by atoms with Crippen molar-refractivity contribution in [2.45, 2.75) is 4.90 Å². The summed E-state index contributed by atoms with van der Waals surface area (Å²) in [6, 6.07) is 3.49. The molecule has 0 fully saturated rings. The summed E-state index contributed by atoms with van der Waals surface area (Å²) >= 11 is 0. The van der Waals surface area contributed by atoms with E-state index in [4.69, 9.17) is 5.14 Å². The van der Waals surface area contributed by atoms with Crippen molar-refractivity contribution in [1.82, 2.24) is 14.8 Å². The molecule has 0 saturated carbocycles. The summed E-state index contributed by atoms with van der Waals surface area (Å²) in [6.45, 7) is 0. The molecule has 2 aromatic rings. The molecule has 0 aliphatic heterocycles. The number of sulfonamides is 1. The van der Waals surface area contributed by atoms with Gasteiger partial charge < -0.3 is 0 Å². The number of pyridine rings is 1. The Labute approximate surface area is 86.4 Å². The Bertz CT molecular complexity index is 561. The lowest BCUT2D eigenvalue weighted by atomic mass is 10.4. The van der Waals surface area contributed by atoms with Crippen LogP contribution in [0, 0.1) is 0 Å². The quantitative estimate of drug-likeness (QED) is 0.772. The predicted molar refractivity (Wildman–Crippen MR) is 52.7 cm³/mol. The highest BCUT2D eigenvalue weighted by Gasteiger charge is 2.10. The summed E-state index contributed by atoms with van der Waals surface area (Å²) in [5, 5.41) is 8.82. The van der Waals surface area contributed by atoms with Gasteiger partial charge in [-0.15, -0.1) is 0 Å². The van der Waals surface area contributed by atoms with Gasteiger partial charge >= 0.3 is 0 Å². The average molecular weight is 224 g/mol. The van der Waals surface area contributed by atoms with Gasteiger partial charge in [0.2, 0.25) is 10.0 Å². The number of primary sulfonamides is 1. The molecule has 0 aliphatic carbocycles. The second-order valence-electron chi connectivity index (χ2n) is 2.88. The van der Waals surface area contributed by atoms with Gasteiger partial charge in [-0.25, -0.2) is 18.2 Å². The zero-order chi connectivity index (χ0) is 10.9. The molecule has 0 unspecified atom stereocenters. The van der Waals surface area contributed by atoms with Gasteiger partial charge in [0.25, 0.3) is 0 Å². The van der Waals surface area contributed by atoms with E-state index < -0.39 is 10.0 Å². The van der Waals surface area contributed by atoms with Crippen LogP contribution in [0.3, 0.4) is 0 Å². The minimum Gasteiger partial charge on any atom is -0.262 e. The van der Waals surface area contributed by atoms with E-state index in [1.54, 1.807) is 24.5 Å². The Morgan fingerprint density at radius 3 is 2.67 bits per heavy atom. The van der Waals surface area contributed by atoms with Crippen molar-refractivity contribution in [3.63, 3.8) is 0 Å². The maximum Gasteiger partial charge on any atom is 0.241 e. The molecule has 2 heterocycles. The lowest BCUT2D eigenvalue weighted by molar-refractivity contribution is 0.598. The van der Waals surface area contributed by atoms with Crippen molar-refractivity contribution in [1.29, 1.82) is 0 Å². The Morgan fingerprint density at radius 1 is 1.33 bits per heavy atom. The standard InChI is InChI=1S/C8H8N4O2S/c9-15(13,14)8-5-11-12(6-8)7-2-1-3-10-4-7/h1-6H,(H2,9,13,14). The summed E-state index contributed by atoms with van der Waals surface area (Å²) in [4.78, 5) is 3.87. The molecule has 7 heteroatoms. The fraction of sp³-hybridized carbons (Fsp3) is 0. The molecule has 0 aliphatic rings. The first kappa shape index (κ1) is 9.81. The molecule has 0 bridgehead atoms. The van der Waals surface area contributed by atoms with Crippen LogP contribution in [0.15, 0.2) is 41.8 Å². The SMILES string of the molecule is NS(=O)(=O)c1cnn(-c2cccnc2)c1. The second-order valence-corrected chi connectivity index (χ2v) is 4.44. The van der Waals surface area contributed by atoms with Gasteiger partial charge in [-0.1, -0.05) is 0 Å². The molecule has 0 atom stereocenters. The molecule has 2 N–H and O–H groups in total. The normalized spacial score (nSPS) is 11.5. The van der Waals surface area contributed by atoms with Gasteiger partial charge in [0.1, 0.15) is 4.90 Å². The number of nitrogens with two attached hydrogens (primary N) is 1. The first-order valence-electron chi connectivity index (χ1n) is 4.05. The van der Waals surface area contributed by atoms with Crippen LogP contribution in [0.4, 0.5) is 0 Å². The van der Waals surface area contributed by atoms with Gasteiger partial charge in [-0.3, -0.25) is 4.98 Å². The highest BCUT2D eigenvalue weighted by molar-refractivity contribution is 7.89. The van der Waals surface area contributed by atoms with Crippen LogP contribution in [0.2, 0.25) is 0 Å². The largest absolute Gasteiger partial charge is 0.262 e. The third-order valence-electron chi connectivity index (χ3n) is 1.80. The second kappa shape index (κ2) is 3.44. The van der Waals surface area contributed by atoms with E-state index >= 15 is 0 Å². The van der Waals surface area contributed by atoms with Crippen molar-refractivity contribution in [3.05, 3.63) is 36.9 Å². The minimum atomic E-state index is -3.69. The first-order valence-corrected chi connectivity index (χ1v) is 5.60. The van der Waals surface area contributed by atoms with Crippen LogP contribution in [0.25, 0.3) is 5.69 Å². The number of hydrogen-bond acceptors (Lipinski definition) is 4. The molecule has 0 saturated heterocycles. The van der Waals surface area contributed by atoms with Gasteiger partial charge in [-0.2, -0.15) is 5.10 Å². The van der Waals surface area contributed by atoms with Crippen molar-refractivity contribution in [3.8, 4) is 5.69 Å². The van der Waals surface area contributed by atoms with Gasteiger partial charge in [0.15, 0.2) is 0 Å². The van der Waals surface area contributed by atoms with E-state index in [9.17, 15) is 8.42 Å². The third-order valence-corrected chi connectivity index (χ3v) is 2.67. The molecule has 2 aromatic heterocycles. The minimum absolute atomic E-state index is 0.0219. The summed E-state index contributed by atoms with van der Waals surface area (Å²) in [6.07, 6.45) is 5.72. The number of nitrogens with zero attached hydrogens (tertiary/aromatic N) is 3. The summed E-state index contributed by atoms with van der Waals surface area (Å²) in [5.41, 5.74) is 0.674. The molecule has 15 heavy (non-hydrogen) atoms. The monoisotopic (exact) mass is 224 g/mol. The van der Waals surface area contributed by atoms with E-state index in [-0.39, 0.29) is 4.90 Å². The van der Waals surface area contributed by atoms with Crippen LogP contribution in [0.5, 0.6) is 0 Å². The molecule has 0 amide bonds. The summed E-state index contributed by atoms with van der Waals surface area (Å²) in [5.74, 6) is 0. The van der Waals surface area contributed by atoms with Crippen molar-refractivity contribution < 1.29 is 8.42 Å². The van der Waals surface area contributed by atoms with Crippen LogP contribution >= 0.6 is 0 Å². The van der Waals surface area contributed by atoms with Crippen molar-refractivity contribution in [2.75, 3.05) is 0 Å². The van der Waals surface area contributed by atoms with Gasteiger partial charge in [-0.05, 0) is 12.1 Å². The highest BCUT2D eigenvalue weighted by Crippen LogP contribution is 2.09. The number of hydrogen-bond donors (Lipinski definition) is 1. The zero-order valence-corrected chi connectivity index (χ0v) is 8.42. The predicted octanol–water partition coefficient (Wildman–Crippen LogP) is -0.0853. The van der Waals surface area contributed by atoms with Crippen LogP contribution in [0.1, 0.15) is 0 Å². The topological polar surface area (TPSA) is 90.9 Å². The third kappa shape index (κ3) is 2.03. The molecule has 6 nitrogen and oxygen atoms in total. The highest BCUT2D eigenvalue weighted by atomic mass is 32.2. The van der Waals surface area contributed by atoms with E-state index in [0.717, 1.165) is 0 Å².